The SMILES string of the molecule is O=S(=O)(O)O.O=S(=O)(O)O.[H-].[Na+].[Zn]. The van der Waals surface area contributed by atoms with Crippen LogP contribution < -0.4 is 29.6 Å². The van der Waals surface area contributed by atoms with E-state index in [1.807, 2.05) is 0 Å². The van der Waals surface area contributed by atoms with Gasteiger partial charge in [0.1, 0.15) is 0 Å². The summed E-state index contributed by atoms with van der Waals surface area (Å²) in [6, 6.07) is 0. The van der Waals surface area contributed by atoms with E-state index in [4.69, 9.17) is 35.0 Å². The second kappa shape index (κ2) is 8.94. The molecule has 0 bridgehead atoms. The van der Waals surface area contributed by atoms with Crippen molar-refractivity contribution in [1.82, 2.24) is 0 Å². The van der Waals surface area contributed by atoms with Gasteiger partial charge < -0.3 is 1.43 Å². The van der Waals surface area contributed by atoms with Gasteiger partial charge in [-0.1, -0.05) is 0 Å². The molecule has 8 nitrogen and oxygen atoms in total. The van der Waals surface area contributed by atoms with Gasteiger partial charge in [-0.2, -0.15) is 16.8 Å². The van der Waals surface area contributed by atoms with E-state index in [2.05, 4.69) is 0 Å². The summed E-state index contributed by atoms with van der Waals surface area (Å²) in [6.07, 6.45) is 0. The molecular weight excluding hydrogens is 281 g/mol. The van der Waals surface area contributed by atoms with Crippen LogP contribution in [-0.4, -0.2) is 35.0 Å². The van der Waals surface area contributed by atoms with E-state index in [0.29, 0.717) is 0 Å². The molecule has 0 amide bonds. The minimum atomic E-state index is -4.67. The fraction of sp³-hybridized carbons (Fsp3) is 0. The summed E-state index contributed by atoms with van der Waals surface area (Å²) in [5, 5.41) is 0. The van der Waals surface area contributed by atoms with Crippen LogP contribution >= 0.6 is 0 Å². The molecule has 0 saturated heterocycles. The largest absolute Gasteiger partial charge is 1.00 e. The summed E-state index contributed by atoms with van der Waals surface area (Å²) in [7, 11) is -9.33. The average Bonchev–Trinajstić information content (AvgIpc) is 1.12. The predicted molar refractivity (Wildman–Crippen MR) is 29.5 cm³/mol. The number of hydrogen-bond donors (Lipinski definition) is 4. The van der Waals surface area contributed by atoms with Crippen molar-refractivity contribution in [1.29, 1.82) is 0 Å². The molecule has 0 aliphatic rings. The quantitative estimate of drug-likeness (QED) is 0.258. The smallest absolute Gasteiger partial charge is 1.00 e. The van der Waals surface area contributed by atoms with Crippen molar-refractivity contribution in [3.63, 3.8) is 0 Å². The molecule has 0 saturated carbocycles. The van der Waals surface area contributed by atoms with Crippen LogP contribution in [-0.2, 0) is 40.3 Å². The molecule has 0 unspecified atom stereocenters. The summed E-state index contributed by atoms with van der Waals surface area (Å²) < 4.78 is 63.2. The minimum Gasteiger partial charge on any atom is -1.00 e. The normalized spacial score (nSPS) is 9.67. The van der Waals surface area contributed by atoms with Gasteiger partial charge in [0, 0.05) is 19.5 Å². The summed E-state index contributed by atoms with van der Waals surface area (Å²) >= 11 is 0. The summed E-state index contributed by atoms with van der Waals surface area (Å²) in [4.78, 5) is 0. The third-order valence-electron chi connectivity index (χ3n) is 0. The van der Waals surface area contributed by atoms with Gasteiger partial charge in [0.15, 0.2) is 0 Å². The molecule has 12 heteroatoms. The maximum Gasteiger partial charge on any atom is 1.00 e. The molecule has 0 aliphatic carbocycles. The van der Waals surface area contributed by atoms with Crippen molar-refractivity contribution in [2.75, 3.05) is 0 Å². The first kappa shape index (κ1) is 23.3. The third kappa shape index (κ3) is 657. The molecule has 0 aromatic carbocycles. The molecule has 0 aliphatic heterocycles. The average molecular weight is 286 g/mol. The molecular formula is H5NaO8S2Zn. The van der Waals surface area contributed by atoms with Crippen molar-refractivity contribution >= 4 is 20.8 Å². The molecule has 68 valence electrons. The fourth-order valence-electron chi connectivity index (χ4n) is 0. The van der Waals surface area contributed by atoms with Gasteiger partial charge >= 0.3 is 50.4 Å². The van der Waals surface area contributed by atoms with Crippen LogP contribution in [0.5, 0.6) is 0 Å². The standard InChI is InChI=1S/Na.2H2O4S.Zn.H/c;2*1-5(2,3)4;;/h;2*(H2,1,2,3,4);;/q+1;;;;-1. The Kier molecular flexibility index (Phi) is 17.4. The van der Waals surface area contributed by atoms with Crippen LogP contribution in [0.25, 0.3) is 0 Å². The van der Waals surface area contributed by atoms with Crippen molar-refractivity contribution < 1.29 is 85.5 Å². The third-order valence-corrected chi connectivity index (χ3v) is 0. The Morgan fingerprint density at radius 1 is 0.750 bits per heavy atom. The van der Waals surface area contributed by atoms with Gasteiger partial charge in [-0.05, 0) is 0 Å². The van der Waals surface area contributed by atoms with Gasteiger partial charge in [0.2, 0.25) is 0 Å². The number of hydrogen-bond acceptors (Lipinski definition) is 4. The molecule has 4 N–H and O–H groups in total. The molecule has 0 heterocycles. The Morgan fingerprint density at radius 2 is 0.750 bits per heavy atom. The topological polar surface area (TPSA) is 149 Å². The molecule has 0 fully saturated rings. The Balaban J connectivity index is -0.0000000267. The van der Waals surface area contributed by atoms with Gasteiger partial charge in [-0.3, -0.25) is 18.2 Å². The van der Waals surface area contributed by atoms with Crippen LogP contribution in [0.2, 0.25) is 0 Å². The summed E-state index contributed by atoms with van der Waals surface area (Å²) in [5.74, 6) is 0. The van der Waals surface area contributed by atoms with Crippen molar-refractivity contribution in [3.05, 3.63) is 0 Å². The maximum atomic E-state index is 8.74. The van der Waals surface area contributed by atoms with E-state index in [1.165, 1.54) is 0 Å². The fourth-order valence-corrected chi connectivity index (χ4v) is 0. The summed E-state index contributed by atoms with van der Waals surface area (Å²) in [5.41, 5.74) is 0. The Labute approximate surface area is 105 Å². The van der Waals surface area contributed by atoms with Crippen molar-refractivity contribution in [2.24, 2.45) is 0 Å². The molecule has 0 aromatic rings. The van der Waals surface area contributed by atoms with E-state index >= 15 is 0 Å². The van der Waals surface area contributed by atoms with Crippen molar-refractivity contribution in [2.45, 2.75) is 0 Å². The van der Waals surface area contributed by atoms with Crippen LogP contribution in [0.15, 0.2) is 0 Å². The molecule has 0 spiro atoms. The molecule has 0 rings (SSSR count). The van der Waals surface area contributed by atoms with E-state index in [1.54, 1.807) is 0 Å². The monoisotopic (exact) mass is 284 g/mol. The van der Waals surface area contributed by atoms with E-state index < -0.39 is 20.8 Å². The van der Waals surface area contributed by atoms with E-state index in [-0.39, 0.29) is 50.5 Å². The second-order valence-corrected chi connectivity index (χ2v) is 2.69. The Morgan fingerprint density at radius 3 is 0.750 bits per heavy atom. The first-order valence-corrected chi connectivity index (χ1v) is 4.19. The van der Waals surface area contributed by atoms with E-state index in [9.17, 15) is 0 Å². The van der Waals surface area contributed by atoms with E-state index in [0.717, 1.165) is 0 Å². The first-order chi connectivity index (χ1) is 4.00. The van der Waals surface area contributed by atoms with Gasteiger partial charge in [0.25, 0.3) is 0 Å². The zero-order valence-corrected chi connectivity index (χ0v) is 12.5. The molecule has 12 heavy (non-hydrogen) atoms. The second-order valence-electron chi connectivity index (χ2n) is 0.896. The van der Waals surface area contributed by atoms with Crippen LogP contribution in [0.1, 0.15) is 1.43 Å². The summed E-state index contributed by atoms with van der Waals surface area (Å²) in [6.45, 7) is 0. The first-order valence-electron chi connectivity index (χ1n) is 1.40. The molecule has 0 aromatic heterocycles. The van der Waals surface area contributed by atoms with Crippen LogP contribution in [0, 0.1) is 0 Å². The predicted octanol–water partition coefficient (Wildman–Crippen LogP) is -4.19. The Bertz CT molecular complexity index is 219. The molecule has 0 atom stereocenters. The van der Waals surface area contributed by atoms with Gasteiger partial charge in [-0.25, -0.2) is 0 Å². The van der Waals surface area contributed by atoms with Gasteiger partial charge in [0.05, 0.1) is 0 Å². The number of rotatable bonds is 0. The van der Waals surface area contributed by atoms with Gasteiger partial charge in [-0.15, -0.1) is 0 Å². The zero-order valence-electron chi connectivity index (χ0n) is 6.95. The van der Waals surface area contributed by atoms with Crippen molar-refractivity contribution in [3.8, 4) is 0 Å². The maximum absolute atomic E-state index is 8.74. The molecule has 0 radical (unpaired) electrons. The van der Waals surface area contributed by atoms with Crippen LogP contribution in [0.4, 0.5) is 0 Å². The Hall–Kier alpha value is 1.36. The zero-order chi connectivity index (χ0) is 9.00. The van der Waals surface area contributed by atoms with Crippen LogP contribution in [0.3, 0.4) is 0 Å². The minimum absolute atomic E-state index is 0.